The Morgan fingerprint density at radius 2 is 1.62 bits per heavy atom. The monoisotopic (exact) mass is 573 g/mol. The van der Waals surface area contributed by atoms with Gasteiger partial charge in [-0.25, -0.2) is 9.59 Å². The van der Waals surface area contributed by atoms with E-state index in [9.17, 15) is 19.2 Å². The topological polar surface area (TPSA) is 123 Å². The third-order valence-corrected chi connectivity index (χ3v) is 7.18. The van der Waals surface area contributed by atoms with Gasteiger partial charge in [0, 0.05) is 31.4 Å². The third kappa shape index (κ3) is 8.28. The highest BCUT2D eigenvalue weighted by Gasteiger charge is 2.37. The van der Waals surface area contributed by atoms with Crippen LogP contribution in [0.5, 0.6) is 5.75 Å². The average molecular weight is 574 g/mol. The highest BCUT2D eigenvalue weighted by atomic mass is 32.1. The van der Waals surface area contributed by atoms with Crippen LogP contribution in [0.2, 0.25) is 0 Å². The van der Waals surface area contributed by atoms with Crippen LogP contribution >= 0.6 is 11.3 Å². The van der Waals surface area contributed by atoms with Gasteiger partial charge in [-0.2, -0.15) is 0 Å². The van der Waals surface area contributed by atoms with Crippen molar-refractivity contribution in [2.24, 2.45) is 0 Å². The van der Waals surface area contributed by atoms with E-state index in [1.807, 2.05) is 24.3 Å². The number of anilines is 1. The van der Waals surface area contributed by atoms with Gasteiger partial charge in [-0.1, -0.05) is 12.1 Å². The number of ether oxygens (including phenoxy) is 3. The summed E-state index contributed by atoms with van der Waals surface area (Å²) < 4.78 is 16.2. The predicted octanol–water partition coefficient (Wildman–Crippen LogP) is 4.23. The number of rotatable bonds is 7. The summed E-state index contributed by atoms with van der Waals surface area (Å²) >= 11 is 1.21. The lowest BCUT2D eigenvalue weighted by Gasteiger charge is -2.36. The normalized spacial score (nSPS) is 15.6. The van der Waals surface area contributed by atoms with Crippen molar-refractivity contribution >= 4 is 40.1 Å². The smallest absolute Gasteiger partial charge is 0.397 e. The van der Waals surface area contributed by atoms with Gasteiger partial charge in [0.2, 0.25) is 5.91 Å². The zero-order chi connectivity index (χ0) is 29.8. The molecule has 1 aliphatic heterocycles. The minimum Gasteiger partial charge on any atom is -0.497 e. The molecule has 0 spiro atoms. The van der Waals surface area contributed by atoms with Crippen molar-refractivity contribution in [2.75, 3.05) is 25.5 Å². The Kier molecular flexibility index (Phi) is 9.63. The zero-order valence-corrected chi connectivity index (χ0v) is 25.2. The van der Waals surface area contributed by atoms with Crippen LogP contribution in [0.25, 0.3) is 0 Å². The first kappa shape index (κ1) is 31.1. The number of esters is 2. The van der Waals surface area contributed by atoms with Crippen LogP contribution in [-0.2, 0) is 36.8 Å². The molecule has 1 aromatic heterocycles. The van der Waals surface area contributed by atoms with Crippen molar-refractivity contribution < 1.29 is 33.4 Å². The lowest BCUT2D eigenvalue weighted by atomic mass is 9.96. The molecule has 0 saturated carbocycles. The number of fused-ring (bicyclic) bond motifs is 1. The molecule has 1 unspecified atom stereocenters. The zero-order valence-electron chi connectivity index (χ0n) is 24.4. The highest BCUT2D eigenvalue weighted by Crippen LogP contribution is 2.43. The summed E-state index contributed by atoms with van der Waals surface area (Å²) in [6, 6.07) is 7.47. The van der Waals surface area contributed by atoms with Crippen LogP contribution in [-0.4, -0.2) is 60.1 Å². The number of carbonyl (C=O) groups excluding carboxylic acids is 4. The fourth-order valence-corrected chi connectivity index (χ4v) is 5.67. The van der Waals surface area contributed by atoms with Crippen molar-refractivity contribution in [1.82, 2.24) is 10.2 Å². The standard InChI is InChI=1S/C29H39N3O7S/c1-17(33)30-15-21-23-20(13-14-32(21)16-18-9-11-19(37-8)12-10-18)22(26(35)38-28(2,3)4)25(40-23)31-24(34)27(36)39-29(5,6)7/h9-12,21H,13-16H2,1-8H3,(H,30,33)(H,31,34). The van der Waals surface area contributed by atoms with Crippen LogP contribution in [0.3, 0.4) is 0 Å². The second kappa shape index (κ2) is 12.4. The van der Waals surface area contributed by atoms with Gasteiger partial charge in [0.25, 0.3) is 0 Å². The summed E-state index contributed by atoms with van der Waals surface area (Å²) in [5.74, 6) is -2.05. The van der Waals surface area contributed by atoms with Crippen molar-refractivity contribution in [2.45, 2.75) is 78.7 Å². The lowest BCUT2D eigenvalue weighted by Crippen LogP contribution is -2.41. The van der Waals surface area contributed by atoms with Crippen LogP contribution in [0, 0.1) is 0 Å². The van der Waals surface area contributed by atoms with Gasteiger partial charge in [-0.3, -0.25) is 14.5 Å². The minimum atomic E-state index is -1.05. The van der Waals surface area contributed by atoms with Gasteiger partial charge < -0.3 is 24.8 Å². The Morgan fingerprint density at radius 3 is 2.17 bits per heavy atom. The molecule has 1 aromatic carbocycles. The first-order valence-electron chi connectivity index (χ1n) is 13.1. The lowest BCUT2D eigenvalue weighted by molar-refractivity contribution is -0.161. The number of nitrogens with one attached hydrogen (secondary N) is 2. The second-order valence-electron chi connectivity index (χ2n) is 11.6. The molecule has 2 N–H and O–H groups in total. The van der Waals surface area contributed by atoms with Gasteiger partial charge in [0.05, 0.1) is 18.7 Å². The van der Waals surface area contributed by atoms with Crippen molar-refractivity contribution in [1.29, 1.82) is 0 Å². The molecule has 3 rings (SSSR count). The number of carbonyl (C=O) groups is 4. The molecule has 0 fully saturated rings. The number of methoxy groups -OCH3 is 1. The van der Waals surface area contributed by atoms with Crippen LogP contribution in [0.15, 0.2) is 24.3 Å². The Morgan fingerprint density at radius 1 is 1.00 bits per heavy atom. The average Bonchev–Trinajstić information content (AvgIpc) is 3.19. The van der Waals surface area contributed by atoms with Crippen LogP contribution < -0.4 is 15.4 Å². The van der Waals surface area contributed by atoms with E-state index in [0.717, 1.165) is 21.8 Å². The molecule has 1 atom stereocenters. The van der Waals surface area contributed by atoms with Crippen molar-refractivity contribution in [3.8, 4) is 5.75 Å². The molecule has 2 amide bonds. The number of benzene rings is 1. The molecule has 10 nitrogen and oxygen atoms in total. The number of nitrogens with zero attached hydrogens (tertiary/aromatic N) is 1. The molecule has 218 valence electrons. The van der Waals surface area contributed by atoms with E-state index in [-0.39, 0.29) is 22.5 Å². The maximum Gasteiger partial charge on any atom is 0.397 e. The Labute approximate surface area is 239 Å². The number of hydrogen-bond acceptors (Lipinski definition) is 9. The molecule has 0 radical (unpaired) electrons. The maximum absolute atomic E-state index is 13.4. The number of hydrogen-bond donors (Lipinski definition) is 2. The summed E-state index contributed by atoms with van der Waals surface area (Å²) in [6.07, 6.45) is 0.509. The summed E-state index contributed by atoms with van der Waals surface area (Å²) in [5, 5.41) is 5.72. The molecular formula is C29H39N3O7S. The molecule has 2 aromatic rings. The largest absolute Gasteiger partial charge is 0.497 e. The highest BCUT2D eigenvalue weighted by molar-refractivity contribution is 7.17. The first-order valence-corrected chi connectivity index (χ1v) is 13.9. The quantitative estimate of drug-likeness (QED) is 0.373. The van der Waals surface area contributed by atoms with E-state index >= 15 is 0 Å². The van der Waals surface area contributed by atoms with E-state index in [1.165, 1.54) is 18.3 Å². The molecule has 1 aliphatic rings. The SMILES string of the molecule is COc1ccc(CN2CCc3c(sc(NC(=O)C(=O)OC(C)(C)C)c3C(=O)OC(C)(C)C)C2CNC(C)=O)cc1. The fraction of sp³-hybridized carbons (Fsp3) is 0.517. The van der Waals surface area contributed by atoms with Crippen LogP contribution in [0.4, 0.5) is 5.00 Å². The Bertz CT molecular complexity index is 1260. The van der Waals surface area contributed by atoms with Gasteiger partial charge in [0.1, 0.15) is 22.0 Å². The summed E-state index contributed by atoms with van der Waals surface area (Å²) in [7, 11) is 1.61. The number of thiophene rings is 1. The van der Waals surface area contributed by atoms with E-state index in [2.05, 4.69) is 15.5 Å². The Balaban J connectivity index is 2.02. The van der Waals surface area contributed by atoms with E-state index in [1.54, 1.807) is 48.7 Å². The molecule has 2 heterocycles. The second-order valence-corrected chi connectivity index (χ2v) is 12.7. The molecule has 0 aliphatic carbocycles. The summed E-state index contributed by atoms with van der Waals surface area (Å²) in [4.78, 5) is 53.6. The van der Waals surface area contributed by atoms with Gasteiger partial charge >= 0.3 is 17.8 Å². The van der Waals surface area contributed by atoms with Crippen molar-refractivity contribution in [3.63, 3.8) is 0 Å². The molecular weight excluding hydrogens is 534 g/mol. The van der Waals surface area contributed by atoms with Crippen molar-refractivity contribution in [3.05, 3.63) is 45.8 Å². The van der Waals surface area contributed by atoms with E-state index < -0.39 is 29.0 Å². The fourth-order valence-electron chi connectivity index (χ4n) is 4.31. The minimum absolute atomic E-state index is 0.182. The third-order valence-electron chi connectivity index (χ3n) is 5.93. The Hall–Kier alpha value is -3.44. The molecule has 0 saturated heterocycles. The molecule has 40 heavy (non-hydrogen) atoms. The van der Waals surface area contributed by atoms with Gasteiger partial charge in [-0.05, 0) is 71.2 Å². The maximum atomic E-state index is 13.4. The van der Waals surface area contributed by atoms with Crippen LogP contribution in [0.1, 0.15) is 80.9 Å². The van der Waals surface area contributed by atoms with Gasteiger partial charge in [0.15, 0.2) is 0 Å². The molecule has 11 heteroatoms. The van der Waals surface area contributed by atoms with E-state index in [0.29, 0.717) is 26.1 Å². The predicted molar refractivity (Wildman–Crippen MR) is 152 cm³/mol. The molecule has 0 bridgehead atoms. The van der Waals surface area contributed by atoms with E-state index in [4.69, 9.17) is 14.2 Å². The van der Waals surface area contributed by atoms with Gasteiger partial charge in [-0.15, -0.1) is 11.3 Å². The summed E-state index contributed by atoms with van der Waals surface area (Å²) in [6.45, 7) is 13.2. The summed E-state index contributed by atoms with van der Waals surface area (Å²) in [5.41, 5.74) is 0.384. The first-order chi connectivity index (χ1) is 18.6. The number of amides is 2.